The summed E-state index contributed by atoms with van der Waals surface area (Å²) in [6.07, 6.45) is 4.47. The fraction of sp³-hybridized carbons (Fsp3) is 0.625. The van der Waals surface area contributed by atoms with Gasteiger partial charge in [0.1, 0.15) is 5.75 Å². The van der Waals surface area contributed by atoms with Gasteiger partial charge in [-0.3, -0.25) is 0 Å². The van der Waals surface area contributed by atoms with Crippen LogP contribution in [0.1, 0.15) is 24.8 Å². The van der Waals surface area contributed by atoms with E-state index in [1.165, 1.54) is 18.9 Å². The van der Waals surface area contributed by atoms with Crippen LogP contribution in [0.5, 0.6) is 5.75 Å². The topological polar surface area (TPSA) is 29.5 Å². The van der Waals surface area contributed by atoms with Crippen molar-refractivity contribution in [2.45, 2.75) is 51.4 Å². The number of rotatable bonds is 9. The van der Waals surface area contributed by atoms with E-state index < -0.39 is 8.07 Å². The molecule has 3 heteroatoms. The number of hydrogen-bond donors (Lipinski definition) is 1. The van der Waals surface area contributed by atoms with Crippen LogP contribution in [0.2, 0.25) is 25.7 Å². The predicted octanol–water partition coefficient (Wildman–Crippen LogP) is 4.11. The zero-order valence-corrected chi connectivity index (χ0v) is 13.6. The standard InChI is InChI=1S/C16H28O2Si/c1-19(2,3)14-6-4-5-13-18-16-9-7-15(8-10-16)11-12-17/h7-10,17H,4-6,11-14H2,1-3H3. The Labute approximate surface area is 118 Å². The molecule has 1 aromatic rings. The Balaban J connectivity index is 2.12. The van der Waals surface area contributed by atoms with Gasteiger partial charge in [-0.1, -0.05) is 50.7 Å². The van der Waals surface area contributed by atoms with E-state index in [1.807, 2.05) is 24.3 Å². The van der Waals surface area contributed by atoms with E-state index in [9.17, 15) is 0 Å². The normalized spacial score (nSPS) is 11.6. The number of aliphatic hydroxyl groups is 1. The molecule has 0 aliphatic rings. The molecule has 0 radical (unpaired) electrons. The summed E-state index contributed by atoms with van der Waals surface area (Å²) in [7, 11) is -0.857. The van der Waals surface area contributed by atoms with E-state index in [0.29, 0.717) is 0 Å². The second kappa shape index (κ2) is 8.38. The first-order valence-corrected chi connectivity index (χ1v) is 11.0. The molecule has 1 aromatic carbocycles. The molecular formula is C16H28O2Si. The number of unbranched alkanes of at least 4 members (excludes halogenated alkanes) is 2. The summed E-state index contributed by atoms with van der Waals surface area (Å²) in [5.41, 5.74) is 1.16. The van der Waals surface area contributed by atoms with Gasteiger partial charge in [0.2, 0.25) is 0 Å². The smallest absolute Gasteiger partial charge is 0.119 e. The van der Waals surface area contributed by atoms with Crippen LogP contribution < -0.4 is 4.74 Å². The lowest BCUT2D eigenvalue weighted by Gasteiger charge is -2.15. The molecule has 0 bridgehead atoms. The summed E-state index contributed by atoms with van der Waals surface area (Å²) in [5, 5.41) is 8.84. The van der Waals surface area contributed by atoms with E-state index in [-0.39, 0.29) is 6.61 Å². The molecule has 108 valence electrons. The van der Waals surface area contributed by atoms with E-state index in [1.54, 1.807) is 0 Å². The third kappa shape index (κ3) is 8.06. The van der Waals surface area contributed by atoms with Gasteiger partial charge in [-0.25, -0.2) is 0 Å². The van der Waals surface area contributed by atoms with Gasteiger partial charge in [0.25, 0.3) is 0 Å². The highest BCUT2D eigenvalue weighted by atomic mass is 28.3. The van der Waals surface area contributed by atoms with Crippen LogP contribution in [0.3, 0.4) is 0 Å². The first-order valence-electron chi connectivity index (χ1n) is 7.34. The largest absolute Gasteiger partial charge is 0.494 e. The SMILES string of the molecule is C[Si](C)(C)CCCCCOc1ccc(CCO)cc1. The lowest BCUT2D eigenvalue weighted by atomic mass is 10.1. The maximum Gasteiger partial charge on any atom is 0.119 e. The van der Waals surface area contributed by atoms with Crippen molar-refractivity contribution in [1.82, 2.24) is 0 Å². The zero-order valence-electron chi connectivity index (χ0n) is 12.6. The molecule has 0 saturated heterocycles. The Morgan fingerprint density at radius 3 is 2.26 bits per heavy atom. The minimum Gasteiger partial charge on any atom is -0.494 e. The molecule has 0 amide bonds. The molecule has 0 unspecified atom stereocenters. The summed E-state index contributed by atoms with van der Waals surface area (Å²) >= 11 is 0. The van der Waals surface area contributed by atoms with Gasteiger partial charge in [0, 0.05) is 14.7 Å². The number of ether oxygens (including phenoxy) is 1. The lowest BCUT2D eigenvalue weighted by molar-refractivity contribution is 0.298. The maximum absolute atomic E-state index is 8.84. The van der Waals surface area contributed by atoms with Crippen molar-refractivity contribution >= 4 is 8.07 Å². The number of hydrogen-bond acceptors (Lipinski definition) is 2. The Morgan fingerprint density at radius 1 is 1.00 bits per heavy atom. The molecule has 1 rings (SSSR count). The predicted molar refractivity (Wildman–Crippen MR) is 84.7 cm³/mol. The Kier molecular flexibility index (Phi) is 7.17. The Morgan fingerprint density at radius 2 is 1.68 bits per heavy atom. The van der Waals surface area contributed by atoms with Gasteiger partial charge in [-0.15, -0.1) is 0 Å². The Hall–Kier alpha value is -0.803. The quantitative estimate of drug-likeness (QED) is 0.545. The first kappa shape index (κ1) is 16.3. The van der Waals surface area contributed by atoms with E-state index >= 15 is 0 Å². The third-order valence-electron chi connectivity index (χ3n) is 3.16. The van der Waals surface area contributed by atoms with Crippen molar-refractivity contribution in [1.29, 1.82) is 0 Å². The van der Waals surface area contributed by atoms with Gasteiger partial charge in [-0.2, -0.15) is 0 Å². The van der Waals surface area contributed by atoms with Crippen LogP contribution in [0.25, 0.3) is 0 Å². The second-order valence-electron chi connectivity index (χ2n) is 6.34. The van der Waals surface area contributed by atoms with Crippen molar-refractivity contribution in [3.05, 3.63) is 29.8 Å². The van der Waals surface area contributed by atoms with Gasteiger partial charge in [-0.05, 0) is 30.5 Å². The minimum absolute atomic E-state index is 0.206. The molecule has 0 aromatic heterocycles. The van der Waals surface area contributed by atoms with Crippen LogP contribution in [0.4, 0.5) is 0 Å². The van der Waals surface area contributed by atoms with E-state index in [4.69, 9.17) is 9.84 Å². The van der Waals surface area contributed by atoms with Gasteiger partial charge >= 0.3 is 0 Å². The van der Waals surface area contributed by atoms with E-state index in [2.05, 4.69) is 19.6 Å². The highest BCUT2D eigenvalue weighted by molar-refractivity contribution is 6.76. The van der Waals surface area contributed by atoms with Gasteiger partial charge in [0.05, 0.1) is 6.61 Å². The zero-order chi connectivity index (χ0) is 14.1. The average molecular weight is 280 g/mol. The maximum atomic E-state index is 8.84. The highest BCUT2D eigenvalue weighted by Gasteiger charge is 2.11. The summed E-state index contributed by atoms with van der Waals surface area (Å²) in [6, 6.07) is 9.45. The molecule has 0 spiro atoms. The van der Waals surface area contributed by atoms with Gasteiger partial charge < -0.3 is 9.84 Å². The number of benzene rings is 1. The highest BCUT2D eigenvalue weighted by Crippen LogP contribution is 2.15. The van der Waals surface area contributed by atoms with Crippen LogP contribution in [-0.4, -0.2) is 26.4 Å². The van der Waals surface area contributed by atoms with E-state index in [0.717, 1.165) is 30.8 Å². The molecule has 0 aliphatic heterocycles. The van der Waals surface area contributed by atoms with Crippen molar-refractivity contribution in [3.63, 3.8) is 0 Å². The molecule has 0 fully saturated rings. The van der Waals surface area contributed by atoms with Crippen LogP contribution >= 0.6 is 0 Å². The number of aliphatic hydroxyl groups excluding tert-OH is 1. The van der Waals surface area contributed by atoms with Crippen molar-refractivity contribution in [2.24, 2.45) is 0 Å². The lowest BCUT2D eigenvalue weighted by Crippen LogP contribution is -2.18. The van der Waals surface area contributed by atoms with Crippen molar-refractivity contribution in [2.75, 3.05) is 13.2 Å². The third-order valence-corrected chi connectivity index (χ3v) is 5.02. The molecule has 2 nitrogen and oxygen atoms in total. The molecule has 1 N–H and O–H groups in total. The minimum atomic E-state index is -0.857. The summed E-state index contributed by atoms with van der Waals surface area (Å²) in [5.74, 6) is 0.937. The van der Waals surface area contributed by atoms with Crippen LogP contribution in [0.15, 0.2) is 24.3 Å². The summed E-state index contributed by atoms with van der Waals surface area (Å²) < 4.78 is 5.72. The summed E-state index contributed by atoms with van der Waals surface area (Å²) in [6.45, 7) is 8.30. The molecule has 0 heterocycles. The first-order chi connectivity index (χ1) is 9.01. The van der Waals surface area contributed by atoms with Crippen LogP contribution in [0, 0.1) is 0 Å². The monoisotopic (exact) mass is 280 g/mol. The molecule has 0 atom stereocenters. The molecular weight excluding hydrogens is 252 g/mol. The van der Waals surface area contributed by atoms with Crippen molar-refractivity contribution in [3.8, 4) is 5.75 Å². The molecule has 0 aliphatic carbocycles. The Bertz CT molecular complexity index is 341. The second-order valence-corrected chi connectivity index (χ2v) is 12.0. The molecule has 19 heavy (non-hydrogen) atoms. The van der Waals surface area contributed by atoms with Crippen LogP contribution in [-0.2, 0) is 6.42 Å². The summed E-state index contributed by atoms with van der Waals surface area (Å²) in [4.78, 5) is 0. The fourth-order valence-corrected chi connectivity index (χ4v) is 3.32. The van der Waals surface area contributed by atoms with Crippen molar-refractivity contribution < 1.29 is 9.84 Å². The van der Waals surface area contributed by atoms with Gasteiger partial charge in [0.15, 0.2) is 0 Å². The fourth-order valence-electron chi connectivity index (χ4n) is 2.01. The molecule has 0 saturated carbocycles. The average Bonchev–Trinajstić information content (AvgIpc) is 2.35.